The van der Waals surface area contributed by atoms with Crippen molar-refractivity contribution in [1.29, 1.82) is 0 Å². The highest BCUT2D eigenvalue weighted by Crippen LogP contribution is 2.48. The van der Waals surface area contributed by atoms with Crippen LogP contribution in [-0.2, 0) is 14.3 Å². The average molecular weight is 353 g/mol. The molecular weight excluding hydrogens is 334 g/mol. The Morgan fingerprint density at radius 2 is 1.65 bits per heavy atom. The van der Waals surface area contributed by atoms with Crippen molar-refractivity contribution in [3.63, 3.8) is 0 Å². The molecule has 0 radical (unpaired) electrons. The maximum absolute atomic E-state index is 12.6. The highest BCUT2D eigenvalue weighted by molar-refractivity contribution is 6.04. The Morgan fingerprint density at radius 3 is 2.31 bits per heavy atom. The number of methoxy groups -OCH3 is 2. The van der Waals surface area contributed by atoms with E-state index in [1.54, 1.807) is 0 Å². The quantitative estimate of drug-likeness (QED) is 0.836. The van der Waals surface area contributed by atoms with Crippen LogP contribution in [0.5, 0.6) is 0 Å². The second-order valence-corrected chi connectivity index (χ2v) is 6.09. The number of benzene rings is 2. The lowest BCUT2D eigenvalue weighted by Gasteiger charge is -2.11. The van der Waals surface area contributed by atoms with Crippen molar-refractivity contribution in [3.05, 3.63) is 65.2 Å². The van der Waals surface area contributed by atoms with E-state index in [9.17, 15) is 14.4 Å². The van der Waals surface area contributed by atoms with Gasteiger partial charge in [0.25, 0.3) is 0 Å². The summed E-state index contributed by atoms with van der Waals surface area (Å²) in [6, 6.07) is 14.1. The number of hydrogen-bond donors (Lipinski definition) is 1. The van der Waals surface area contributed by atoms with Crippen LogP contribution in [0.2, 0.25) is 0 Å². The Morgan fingerprint density at radius 1 is 0.962 bits per heavy atom. The van der Waals surface area contributed by atoms with Gasteiger partial charge >= 0.3 is 11.9 Å². The van der Waals surface area contributed by atoms with Crippen LogP contribution in [0.25, 0.3) is 0 Å². The van der Waals surface area contributed by atoms with E-state index in [0.717, 1.165) is 12.0 Å². The van der Waals surface area contributed by atoms with Gasteiger partial charge in [0.05, 0.1) is 31.0 Å². The molecule has 1 amide bonds. The van der Waals surface area contributed by atoms with Crippen LogP contribution in [0.3, 0.4) is 0 Å². The Kier molecular flexibility index (Phi) is 5.02. The molecule has 0 spiro atoms. The third kappa shape index (κ3) is 3.59. The normalized spacial score (nSPS) is 17.9. The Labute approximate surface area is 151 Å². The molecule has 26 heavy (non-hydrogen) atoms. The molecule has 0 aromatic heterocycles. The number of nitrogens with one attached hydrogen (secondary N) is 1. The molecule has 1 aliphatic carbocycles. The molecule has 2 unspecified atom stereocenters. The fraction of sp³-hybridized carbons (Fsp3) is 0.250. The molecule has 0 saturated heterocycles. The molecule has 2 atom stereocenters. The smallest absolute Gasteiger partial charge is 0.339 e. The van der Waals surface area contributed by atoms with Crippen LogP contribution >= 0.6 is 0 Å². The second kappa shape index (κ2) is 7.39. The fourth-order valence-electron chi connectivity index (χ4n) is 2.96. The van der Waals surface area contributed by atoms with Gasteiger partial charge in [0.1, 0.15) is 0 Å². The lowest BCUT2D eigenvalue weighted by molar-refractivity contribution is -0.117. The molecule has 6 heteroatoms. The third-order valence-corrected chi connectivity index (χ3v) is 4.46. The van der Waals surface area contributed by atoms with Gasteiger partial charge in [-0.05, 0) is 36.1 Å². The van der Waals surface area contributed by atoms with Gasteiger partial charge in [-0.15, -0.1) is 0 Å². The number of rotatable bonds is 5. The molecule has 1 N–H and O–H groups in total. The number of carbonyl (C=O) groups excluding carboxylic acids is 3. The molecule has 2 aromatic rings. The minimum atomic E-state index is -0.591. The summed E-state index contributed by atoms with van der Waals surface area (Å²) >= 11 is 0. The van der Waals surface area contributed by atoms with Gasteiger partial charge in [0.2, 0.25) is 5.91 Å². The molecule has 134 valence electrons. The van der Waals surface area contributed by atoms with E-state index in [-0.39, 0.29) is 34.6 Å². The highest BCUT2D eigenvalue weighted by atomic mass is 16.5. The summed E-state index contributed by atoms with van der Waals surface area (Å²) in [6.07, 6.45) is 0.750. The number of carbonyl (C=O) groups is 3. The molecule has 6 nitrogen and oxygen atoms in total. The van der Waals surface area contributed by atoms with Crippen LogP contribution in [0, 0.1) is 5.92 Å². The average Bonchev–Trinajstić information content (AvgIpc) is 3.48. The zero-order chi connectivity index (χ0) is 18.7. The van der Waals surface area contributed by atoms with Crippen molar-refractivity contribution < 1.29 is 23.9 Å². The van der Waals surface area contributed by atoms with Crippen LogP contribution in [0.15, 0.2) is 48.5 Å². The number of amides is 1. The molecular formula is C20H19NO5. The zero-order valence-corrected chi connectivity index (χ0v) is 14.5. The van der Waals surface area contributed by atoms with Gasteiger partial charge < -0.3 is 14.8 Å². The lowest BCUT2D eigenvalue weighted by Crippen LogP contribution is -2.18. The van der Waals surface area contributed by atoms with Gasteiger partial charge in [-0.2, -0.15) is 0 Å². The summed E-state index contributed by atoms with van der Waals surface area (Å²) in [5, 5.41) is 2.76. The van der Waals surface area contributed by atoms with Crippen molar-refractivity contribution in [2.45, 2.75) is 12.3 Å². The monoisotopic (exact) mass is 353 g/mol. The van der Waals surface area contributed by atoms with Gasteiger partial charge in [0.15, 0.2) is 0 Å². The summed E-state index contributed by atoms with van der Waals surface area (Å²) in [5.74, 6) is -1.32. The van der Waals surface area contributed by atoms with E-state index in [1.165, 1.54) is 32.4 Å². The minimum absolute atomic E-state index is 0.162. The van der Waals surface area contributed by atoms with Crippen molar-refractivity contribution in [1.82, 2.24) is 0 Å². The Bertz CT molecular complexity index is 847. The molecule has 0 bridgehead atoms. The van der Waals surface area contributed by atoms with Crippen molar-refractivity contribution >= 4 is 23.5 Å². The van der Waals surface area contributed by atoms with Crippen molar-refractivity contribution in [3.8, 4) is 0 Å². The lowest BCUT2D eigenvalue weighted by atomic mass is 10.1. The minimum Gasteiger partial charge on any atom is -0.465 e. The van der Waals surface area contributed by atoms with Crippen LogP contribution in [-0.4, -0.2) is 32.1 Å². The van der Waals surface area contributed by atoms with Crippen molar-refractivity contribution in [2.75, 3.05) is 19.5 Å². The van der Waals surface area contributed by atoms with Crippen LogP contribution in [0.1, 0.15) is 38.6 Å². The molecule has 1 aliphatic rings. The number of esters is 2. The SMILES string of the molecule is COC(=O)c1ccc(C(=O)OC)c(NC(=O)C2CC2c2ccccc2)c1. The zero-order valence-electron chi connectivity index (χ0n) is 14.5. The summed E-state index contributed by atoms with van der Waals surface area (Å²) < 4.78 is 9.44. The van der Waals surface area contributed by atoms with Gasteiger partial charge in [-0.25, -0.2) is 9.59 Å². The summed E-state index contributed by atoms with van der Waals surface area (Å²) in [5.41, 5.74) is 1.78. The molecule has 3 rings (SSSR count). The van der Waals surface area contributed by atoms with Crippen LogP contribution in [0.4, 0.5) is 5.69 Å². The highest BCUT2D eigenvalue weighted by Gasteiger charge is 2.44. The fourth-order valence-corrected chi connectivity index (χ4v) is 2.96. The van der Waals surface area contributed by atoms with E-state index in [4.69, 9.17) is 4.74 Å². The first-order chi connectivity index (χ1) is 12.5. The standard InChI is InChI=1S/C20H19NO5/c1-25-19(23)13-8-9-14(20(24)26-2)17(10-13)21-18(22)16-11-15(16)12-6-4-3-5-7-12/h3-10,15-16H,11H2,1-2H3,(H,21,22). The van der Waals surface area contributed by atoms with Gasteiger partial charge in [0, 0.05) is 5.92 Å². The third-order valence-electron chi connectivity index (χ3n) is 4.46. The van der Waals surface area contributed by atoms with E-state index in [1.807, 2.05) is 30.3 Å². The molecule has 1 fully saturated rings. The number of hydrogen-bond acceptors (Lipinski definition) is 5. The summed E-state index contributed by atoms with van der Waals surface area (Å²) in [4.78, 5) is 36.3. The van der Waals surface area contributed by atoms with E-state index < -0.39 is 11.9 Å². The molecule has 0 heterocycles. The second-order valence-electron chi connectivity index (χ2n) is 6.09. The predicted molar refractivity (Wildman–Crippen MR) is 95.0 cm³/mol. The van der Waals surface area contributed by atoms with Gasteiger partial charge in [-0.1, -0.05) is 30.3 Å². The van der Waals surface area contributed by atoms with E-state index >= 15 is 0 Å². The summed E-state index contributed by atoms with van der Waals surface area (Å²) in [7, 11) is 2.53. The van der Waals surface area contributed by atoms with E-state index in [0.29, 0.717) is 0 Å². The maximum atomic E-state index is 12.6. The topological polar surface area (TPSA) is 81.7 Å². The maximum Gasteiger partial charge on any atom is 0.339 e. The summed E-state index contributed by atoms with van der Waals surface area (Å²) in [6.45, 7) is 0. The van der Waals surface area contributed by atoms with Crippen LogP contribution < -0.4 is 5.32 Å². The predicted octanol–water partition coefficient (Wildman–Crippen LogP) is 3.00. The largest absolute Gasteiger partial charge is 0.465 e. The Balaban J connectivity index is 1.80. The van der Waals surface area contributed by atoms with Crippen molar-refractivity contribution in [2.24, 2.45) is 5.92 Å². The molecule has 0 aliphatic heterocycles. The first-order valence-corrected chi connectivity index (χ1v) is 8.21. The number of ether oxygens (including phenoxy) is 2. The Hall–Kier alpha value is -3.15. The first-order valence-electron chi connectivity index (χ1n) is 8.21. The number of anilines is 1. The molecule has 2 aromatic carbocycles. The molecule has 1 saturated carbocycles. The first kappa shape index (κ1) is 17.7. The van der Waals surface area contributed by atoms with Gasteiger partial charge in [-0.3, -0.25) is 4.79 Å². The van der Waals surface area contributed by atoms with E-state index in [2.05, 4.69) is 10.1 Å².